The second kappa shape index (κ2) is 18.7. The molecule has 2 aromatic rings. The number of ether oxygens (including phenoxy) is 9. The molecule has 2 aromatic carbocycles. The quantitative estimate of drug-likeness (QED) is 0.101. The van der Waals surface area contributed by atoms with Crippen molar-refractivity contribution < 1.29 is 114 Å². The molecule has 4 fully saturated rings. The van der Waals surface area contributed by atoms with Gasteiger partial charge in [0, 0.05) is 12.1 Å². The molecule has 0 amide bonds. The maximum Gasteiger partial charge on any atom is 0.229 e. The van der Waals surface area contributed by atoms with Gasteiger partial charge in [-0.25, -0.2) is 0 Å². The van der Waals surface area contributed by atoms with Crippen LogP contribution in [0.3, 0.4) is 0 Å². The standard InChI is InChI=1S/C38H50O23/c1-12-24(44)29(49)33(60-36-32(52)28(48)26(46)21(9-39)58-36)37(55-12)61-34-30(50)27(47)22(11-54-35-31(51)25(45)18(43)10-53-35)59-38(34)56-15-6-16(41)23-17(42)8-19(57-20(23)7-15)13-2-4-14(40)5-3-13/h2-7,12,18-19,21-22,24-41,43-52H,8-11H2,1H3/t12-,18+,19-,21+,22+,24-,25-,26+,27+,28-,29+,30-,31+,32+,33+,34+,35-,36-,37-,38+/m0/s1. The van der Waals surface area contributed by atoms with E-state index in [2.05, 4.69) is 0 Å². The van der Waals surface area contributed by atoms with Crippen LogP contribution in [0, 0.1) is 0 Å². The molecule has 0 unspecified atom stereocenters. The molecule has 23 nitrogen and oxygen atoms in total. The number of rotatable bonds is 11. The Balaban J connectivity index is 1.17. The summed E-state index contributed by atoms with van der Waals surface area (Å²) >= 11 is 0. The van der Waals surface area contributed by atoms with Crippen LogP contribution in [0.1, 0.15) is 35.4 Å². The number of carbonyl (C=O) groups is 1. The van der Waals surface area contributed by atoms with Crippen molar-refractivity contribution in [2.45, 2.75) is 136 Å². The highest BCUT2D eigenvalue weighted by Crippen LogP contribution is 2.43. The summed E-state index contributed by atoms with van der Waals surface area (Å²) in [5.74, 6) is -1.47. The number of hydrogen-bond donors (Lipinski definition) is 13. The lowest BCUT2D eigenvalue weighted by Crippen LogP contribution is -2.66. The molecule has 340 valence electrons. The van der Waals surface area contributed by atoms with Gasteiger partial charge in [-0.2, -0.15) is 0 Å². The number of aliphatic hydroxyl groups is 11. The van der Waals surface area contributed by atoms with Crippen LogP contribution in [0.25, 0.3) is 0 Å². The fourth-order valence-corrected chi connectivity index (χ4v) is 7.64. The zero-order valence-corrected chi connectivity index (χ0v) is 32.2. The van der Waals surface area contributed by atoms with Gasteiger partial charge in [0.25, 0.3) is 0 Å². The number of Topliss-reactive ketones (excluding diaryl/α,β-unsaturated/α-hetero) is 1. The molecule has 13 N–H and O–H groups in total. The van der Waals surface area contributed by atoms with Gasteiger partial charge >= 0.3 is 0 Å². The van der Waals surface area contributed by atoms with Gasteiger partial charge in [-0.05, 0) is 24.6 Å². The lowest BCUT2D eigenvalue weighted by Gasteiger charge is -2.48. The van der Waals surface area contributed by atoms with Crippen molar-refractivity contribution in [2.24, 2.45) is 0 Å². The normalized spacial score (nSPS) is 43.0. The molecule has 0 aliphatic carbocycles. The second-order valence-electron chi connectivity index (χ2n) is 15.5. The van der Waals surface area contributed by atoms with Crippen LogP contribution in [-0.4, -0.2) is 209 Å². The van der Waals surface area contributed by atoms with E-state index in [0.29, 0.717) is 5.56 Å². The number of phenols is 2. The molecule has 5 aliphatic heterocycles. The van der Waals surface area contributed by atoms with E-state index in [1.165, 1.54) is 25.1 Å². The van der Waals surface area contributed by atoms with E-state index >= 15 is 0 Å². The van der Waals surface area contributed by atoms with Crippen LogP contribution in [-0.2, 0) is 33.2 Å². The third-order valence-corrected chi connectivity index (χ3v) is 11.2. The molecule has 5 aliphatic rings. The number of hydrogen-bond acceptors (Lipinski definition) is 23. The number of fused-ring (bicyclic) bond motifs is 1. The molecule has 7 rings (SSSR count). The highest BCUT2D eigenvalue weighted by atomic mass is 16.8. The Hall–Kier alpha value is -3.41. The van der Waals surface area contributed by atoms with Crippen LogP contribution >= 0.6 is 0 Å². The van der Waals surface area contributed by atoms with Crippen LogP contribution < -0.4 is 9.47 Å². The first kappa shape index (κ1) is 45.6. The summed E-state index contributed by atoms with van der Waals surface area (Å²) in [6, 6.07) is 8.16. The minimum absolute atomic E-state index is 0.0238. The third-order valence-electron chi connectivity index (χ3n) is 11.2. The molecule has 23 heteroatoms. The SMILES string of the molecule is C[C@@H]1O[C@@H](O[C@H]2[C@H](Oc3cc(O)c4c(c3)O[C@H](c3ccc(O)cc3)CC4=O)O[C@H](CO[C@@H]3OC[C@@H](O)[C@H](O)[C@H]3O)[C@@H](O)[C@@H]2O)[C@H](O[C@@H]2O[C@H](CO)[C@@H](O)[C@H](O)[C@H]2O)[C@H](O)[C@H]1O. The van der Waals surface area contributed by atoms with Gasteiger partial charge < -0.3 is 109 Å². The highest BCUT2D eigenvalue weighted by molar-refractivity contribution is 6.02. The minimum atomic E-state index is -2.02. The topological polar surface area (TPSA) is 363 Å². The molecule has 4 saturated heterocycles. The van der Waals surface area contributed by atoms with Gasteiger partial charge in [-0.1, -0.05) is 12.1 Å². The van der Waals surface area contributed by atoms with Crippen molar-refractivity contribution in [1.82, 2.24) is 0 Å². The second-order valence-corrected chi connectivity index (χ2v) is 15.5. The smallest absolute Gasteiger partial charge is 0.229 e. The van der Waals surface area contributed by atoms with Crippen molar-refractivity contribution in [3.05, 3.63) is 47.5 Å². The summed E-state index contributed by atoms with van der Waals surface area (Å²) in [6.07, 6.45) is -33.9. The van der Waals surface area contributed by atoms with Gasteiger partial charge in [-0.15, -0.1) is 0 Å². The van der Waals surface area contributed by atoms with E-state index in [-0.39, 0.29) is 29.2 Å². The maximum atomic E-state index is 13.2. The fourth-order valence-electron chi connectivity index (χ4n) is 7.64. The Bertz CT molecular complexity index is 1800. The molecular weight excluding hydrogens is 824 g/mol. The summed E-state index contributed by atoms with van der Waals surface area (Å²) in [4.78, 5) is 13.2. The van der Waals surface area contributed by atoms with E-state index in [4.69, 9.17) is 42.6 Å². The van der Waals surface area contributed by atoms with E-state index in [0.717, 1.165) is 6.07 Å². The number of carbonyl (C=O) groups excluding carboxylic acids is 1. The Morgan fingerprint density at radius 3 is 2.00 bits per heavy atom. The molecule has 5 heterocycles. The molecule has 61 heavy (non-hydrogen) atoms. The summed E-state index contributed by atoms with van der Waals surface area (Å²) in [5, 5.41) is 137. The maximum absolute atomic E-state index is 13.2. The summed E-state index contributed by atoms with van der Waals surface area (Å²) in [5.41, 5.74) is 0.348. The Morgan fingerprint density at radius 2 is 1.30 bits per heavy atom. The van der Waals surface area contributed by atoms with E-state index in [1.807, 2.05) is 0 Å². The van der Waals surface area contributed by atoms with Crippen LogP contribution in [0.2, 0.25) is 0 Å². The monoisotopic (exact) mass is 874 g/mol. The average molecular weight is 875 g/mol. The van der Waals surface area contributed by atoms with Crippen molar-refractivity contribution in [3.63, 3.8) is 0 Å². The lowest BCUT2D eigenvalue weighted by atomic mass is 9.95. The minimum Gasteiger partial charge on any atom is -0.508 e. The Kier molecular flexibility index (Phi) is 14.0. The van der Waals surface area contributed by atoms with Crippen molar-refractivity contribution in [1.29, 1.82) is 0 Å². The molecule has 0 aromatic heterocycles. The van der Waals surface area contributed by atoms with Gasteiger partial charge in [-0.3, -0.25) is 4.79 Å². The summed E-state index contributed by atoms with van der Waals surface area (Å²) < 4.78 is 52.1. The Morgan fingerprint density at radius 1 is 0.672 bits per heavy atom. The third kappa shape index (κ3) is 9.31. The predicted octanol–water partition coefficient (Wildman–Crippen LogP) is -4.88. The van der Waals surface area contributed by atoms with Gasteiger partial charge in [0.05, 0.1) is 32.3 Å². The Labute approximate surface area is 345 Å². The number of phenolic OH excluding ortho intramolecular Hbond substituents is 2. The van der Waals surface area contributed by atoms with Gasteiger partial charge in [0.15, 0.2) is 30.8 Å². The van der Waals surface area contributed by atoms with Crippen molar-refractivity contribution in [3.8, 4) is 23.0 Å². The molecular formula is C38H50O23. The fraction of sp³-hybridized carbons (Fsp3) is 0.658. The van der Waals surface area contributed by atoms with Crippen molar-refractivity contribution in [2.75, 3.05) is 19.8 Å². The van der Waals surface area contributed by atoms with E-state index < -0.39 is 154 Å². The van der Waals surface area contributed by atoms with Crippen molar-refractivity contribution >= 4 is 5.78 Å². The van der Waals surface area contributed by atoms with Gasteiger partial charge in [0.2, 0.25) is 6.29 Å². The van der Waals surface area contributed by atoms with Crippen LogP contribution in [0.5, 0.6) is 23.0 Å². The van der Waals surface area contributed by atoms with E-state index in [9.17, 15) is 71.2 Å². The molecule has 0 radical (unpaired) electrons. The molecule has 0 bridgehead atoms. The molecule has 0 saturated carbocycles. The first-order valence-corrected chi connectivity index (χ1v) is 19.4. The number of ketones is 1. The first-order valence-electron chi connectivity index (χ1n) is 19.4. The average Bonchev–Trinajstić information content (AvgIpc) is 3.23. The van der Waals surface area contributed by atoms with Gasteiger partial charge in [0.1, 0.15) is 114 Å². The lowest BCUT2D eigenvalue weighted by molar-refractivity contribution is -0.388. The number of aromatic hydroxyl groups is 2. The summed E-state index contributed by atoms with van der Waals surface area (Å²) in [7, 11) is 0. The van der Waals surface area contributed by atoms with Crippen LogP contribution in [0.4, 0.5) is 0 Å². The van der Waals surface area contributed by atoms with E-state index in [1.54, 1.807) is 12.1 Å². The van der Waals surface area contributed by atoms with Crippen LogP contribution in [0.15, 0.2) is 36.4 Å². The summed E-state index contributed by atoms with van der Waals surface area (Å²) in [6.45, 7) is -0.557. The number of aliphatic hydroxyl groups excluding tert-OH is 11. The zero-order chi connectivity index (χ0) is 44.0. The zero-order valence-electron chi connectivity index (χ0n) is 32.2. The molecule has 0 spiro atoms. The predicted molar refractivity (Wildman–Crippen MR) is 193 cm³/mol. The largest absolute Gasteiger partial charge is 0.508 e. The highest BCUT2D eigenvalue weighted by Gasteiger charge is 2.54. The number of benzene rings is 2. The first-order chi connectivity index (χ1) is 29.0. The molecule has 20 atom stereocenters.